The standard InChI is InChI=1S/C25H34N2O6/c28-15-22-24-20(13-18(33-22)14-23(29)27-8-2-1-3-9-27)19-12-16(26-25(24)30)4-5-21(19)32-17-6-10-31-11-7-17/h4-5,12,17-18,20,22,24,28H,1-3,6-11,13-15H2,(H,26,30)/t18-,20+,22-,24-/m0/s1. The second-order valence-corrected chi connectivity index (χ2v) is 9.66. The summed E-state index contributed by atoms with van der Waals surface area (Å²) in [6.45, 7) is 2.70. The third-order valence-electron chi connectivity index (χ3n) is 7.45. The fourth-order valence-electron chi connectivity index (χ4n) is 5.73. The van der Waals surface area contributed by atoms with Crippen molar-refractivity contribution in [3.8, 4) is 5.75 Å². The first-order chi connectivity index (χ1) is 16.1. The molecule has 2 bridgehead atoms. The SMILES string of the molecule is O=C1Nc2ccc(OC3CCOCC3)c(c2)[C@H]2C[C@@H](CC(=O)N3CCCCC3)O[C@@H](CO)[C@@H]12. The van der Waals surface area contributed by atoms with Gasteiger partial charge in [0.1, 0.15) is 11.9 Å². The van der Waals surface area contributed by atoms with Gasteiger partial charge in [-0.1, -0.05) is 0 Å². The van der Waals surface area contributed by atoms with Crippen LogP contribution < -0.4 is 10.1 Å². The molecule has 5 rings (SSSR count). The van der Waals surface area contributed by atoms with E-state index in [-0.39, 0.29) is 43.0 Å². The number of fused-ring (bicyclic) bond motifs is 4. The van der Waals surface area contributed by atoms with Crippen molar-refractivity contribution in [3.05, 3.63) is 23.8 Å². The monoisotopic (exact) mass is 458 g/mol. The summed E-state index contributed by atoms with van der Waals surface area (Å²) in [6, 6.07) is 5.78. The molecule has 1 aromatic rings. The van der Waals surface area contributed by atoms with Crippen molar-refractivity contribution >= 4 is 17.5 Å². The van der Waals surface area contributed by atoms with Crippen LogP contribution in [0, 0.1) is 5.92 Å². The van der Waals surface area contributed by atoms with Gasteiger partial charge in [0.15, 0.2) is 0 Å². The van der Waals surface area contributed by atoms with Gasteiger partial charge in [0.05, 0.1) is 44.4 Å². The van der Waals surface area contributed by atoms with Gasteiger partial charge in [-0.2, -0.15) is 0 Å². The Morgan fingerprint density at radius 2 is 1.97 bits per heavy atom. The van der Waals surface area contributed by atoms with Crippen molar-refractivity contribution in [2.45, 2.75) is 69.2 Å². The fourth-order valence-corrected chi connectivity index (χ4v) is 5.73. The molecular formula is C25H34N2O6. The molecule has 8 heteroatoms. The quantitative estimate of drug-likeness (QED) is 0.704. The second-order valence-electron chi connectivity index (χ2n) is 9.66. The van der Waals surface area contributed by atoms with Gasteiger partial charge in [0, 0.05) is 43.1 Å². The Balaban J connectivity index is 1.39. The molecule has 3 saturated heterocycles. The molecule has 8 nitrogen and oxygen atoms in total. The fraction of sp³-hybridized carbons (Fsp3) is 0.680. The highest BCUT2D eigenvalue weighted by molar-refractivity contribution is 5.95. The Labute approximate surface area is 194 Å². The maximum Gasteiger partial charge on any atom is 0.230 e. The van der Waals surface area contributed by atoms with E-state index in [2.05, 4.69) is 5.32 Å². The van der Waals surface area contributed by atoms with Crippen LogP contribution in [0.2, 0.25) is 0 Å². The summed E-state index contributed by atoms with van der Waals surface area (Å²) in [5, 5.41) is 13.1. The molecule has 0 aliphatic carbocycles. The summed E-state index contributed by atoms with van der Waals surface area (Å²) in [4.78, 5) is 28.0. The minimum absolute atomic E-state index is 0.0798. The predicted molar refractivity (Wildman–Crippen MR) is 121 cm³/mol. The average Bonchev–Trinajstić information content (AvgIpc) is 2.96. The summed E-state index contributed by atoms with van der Waals surface area (Å²) in [5.74, 6) is -0.00381. The lowest BCUT2D eigenvalue weighted by Crippen LogP contribution is -2.48. The molecule has 180 valence electrons. The number of benzene rings is 1. The normalized spacial score (nSPS) is 30.2. The number of anilines is 1. The highest BCUT2D eigenvalue weighted by Gasteiger charge is 2.46. The van der Waals surface area contributed by atoms with Gasteiger partial charge < -0.3 is 29.5 Å². The molecule has 0 spiro atoms. The number of carbonyl (C=O) groups excluding carboxylic acids is 2. The number of aliphatic hydroxyl groups excluding tert-OH is 1. The van der Waals surface area contributed by atoms with Crippen LogP contribution in [0.5, 0.6) is 5.75 Å². The van der Waals surface area contributed by atoms with Crippen LogP contribution >= 0.6 is 0 Å². The molecular weight excluding hydrogens is 424 g/mol. The maximum atomic E-state index is 13.1. The van der Waals surface area contributed by atoms with Crippen LogP contribution in [-0.4, -0.2) is 73.0 Å². The lowest BCUT2D eigenvalue weighted by atomic mass is 9.76. The third-order valence-corrected chi connectivity index (χ3v) is 7.45. The zero-order valence-corrected chi connectivity index (χ0v) is 19.0. The number of aliphatic hydroxyl groups is 1. The van der Waals surface area contributed by atoms with E-state index in [9.17, 15) is 14.7 Å². The first-order valence-electron chi connectivity index (χ1n) is 12.4. The van der Waals surface area contributed by atoms with E-state index in [0.717, 1.165) is 55.8 Å². The van der Waals surface area contributed by atoms with Crippen molar-refractivity contribution in [3.63, 3.8) is 0 Å². The van der Waals surface area contributed by atoms with Crippen LogP contribution in [0.3, 0.4) is 0 Å². The molecule has 0 unspecified atom stereocenters. The van der Waals surface area contributed by atoms with Gasteiger partial charge in [-0.15, -0.1) is 0 Å². The number of nitrogens with zero attached hydrogens (tertiary/aromatic N) is 1. The molecule has 0 radical (unpaired) electrons. The van der Waals surface area contributed by atoms with E-state index < -0.39 is 12.0 Å². The van der Waals surface area contributed by atoms with Crippen molar-refractivity contribution < 1.29 is 28.9 Å². The number of hydrogen-bond acceptors (Lipinski definition) is 6. The average molecular weight is 459 g/mol. The zero-order chi connectivity index (χ0) is 22.8. The molecule has 1 aromatic carbocycles. The molecule has 4 atom stereocenters. The lowest BCUT2D eigenvalue weighted by molar-refractivity contribution is -0.152. The van der Waals surface area contributed by atoms with Crippen LogP contribution in [-0.2, 0) is 19.1 Å². The van der Waals surface area contributed by atoms with E-state index in [1.807, 2.05) is 23.1 Å². The summed E-state index contributed by atoms with van der Waals surface area (Å²) in [5.41, 5.74) is 1.68. The molecule has 0 saturated carbocycles. The van der Waals surface area contributed by atoms with Gasteiger partial charge in [0.25, 0.3) is 0 Å². The van der Waals surface area contributed by atoms with Crippen molar-refractivity contribution in [1.82, 2.24) is 4.90 Å². The van der Waals surface area contributed by atoms with Gasteiger partial charge in [-0.25, -0.2) is 0 Å². The Morgan fingerprint density at radius 3 is 2.73 bits per heavy atom. The predicted octanol–water partition coefficient (Wildman–Crippen LogP) is 2.45. The summed E-state index contributed by atoms with van der Waals surface area (Å²) < 4.78 is 18.0. The van der Waals surface area contributed by atoms with Crippen LogP contribution in [0.15, 0.2) is 18.2 Å². The summed E-state index contributed by atoms with van der Waals surface area (Å²) in [6.07, 6.45) is 4.82. The molecule has 2 amide bonds. The number of hydrogen-bond donors (Lipinski definition) is 2. The zero-order valence-electron chi connectivity index (χ0n) is 19.0. The molecule has 3 fully saturated rings. The van der Waals surface area contributed by atoms with Crippen LogP contribution in [0.1, 0.15) is 56.4 Å². The van der Waals surface area contributed by atoms with Gasteiger partial charge in [-0.05, 0) is 43.9 Å². The second kappa shape index (κ2) is 9.99. The van der Waals surface area contributed by atoms with Gasteiger partial charge in [0.2, 0.25) is 11.8 Å². The lowest BCUT2D eigenvalue weighted by Gasteiger charge is -2.41. The molecule has 4 heterocycles. The van der Waals surface area contributed by atoms with E-state index in [4.69, 9.17) is 14.2 Å². The van der Waals surface area contributed by atoms with E-state index in [1.165, 1.54) is 6.42 Å². The first kappa shape index (κ1) is 22.6. The minimum atomic E-state index is -0.659. The van der Waals surface area contributed by atoms with E-state index in [0.29, 0.717) is 19.6 Å². The third kappa shape index (κ3) is 4.88. The number of rotatable bonds is 5. The number of piperidine rings is 1. The van der Waals surface area contributed by atoms with Crippen molar-refractivity contribution in [2.24, 2.45) is 5.92 Å². The molecule has 0 aromatic heterocycles. The highest BCUT2D eigenvalue weighted by Crippen LogP contribution is 2.46. The maximum absolute atomic E-state index is 13.1. The first-order valence-corrected chi connectivity index (χ1v) is 12.4. The molecule has 33 heavy (non-hydrogen) atoms. The largest absolute Gasteiger partial charge is 0.490 e. The molecule has 4 aliphatic rings. The van der Waals surface area contributed by atoms with Gasteiger partial charge >= 0.3 is 0 Å². The number of amides is 2. The molecule has 4 aliphatic heterocycles. The van der Waals surface area contributed by atoms with Crippen molar-refractivity contribution in [2.75, 3.05) is 38.2 Å². The minimum Gasteiger partial charge on any atom is -0.490 e. The highest BCUT2D eigenvalue weighted by atomic mass is 16.5. The smallest absolute Gasteiger partial charge is 0.230 e. The van der Waals surface area contributed by atoms with E-state index >= 15 is 0 Å². The number of ether oxygens (including phenoxy) is 3. The number of carbonyl (C=O) groups is 2. The van der Waals surface area contributed by atoms with Crippen molar-refractivity contribution in [1.29, 1.82) is 0 Å². The van der Waals surface area contributed by atoms with Gasteiger partial charge in [-0.3, -0.25) is 9.59 Å². The Bertz CT molecular complexity index is 864. The Hall–Kier alpha value is -2.16. The number of likely N-dealkylation sites (tertiary alicyclic amines) is 1. The summed E-state index contributed by atoms with van der Waals surface area (Å²) >= 11 is 0. The number of nitrogens with one attached hydrogen (secondary N) is 1. The van der Waals surface area contributed by atoms with Crippen LogP contribution in [0.4, 0.5) is 5.69 Å². The Kier molecular flexibility index (Phi) is 6.85. The van der Waals surface area contributed by atoms with E-state index in [1.54, 1.807) is 0 Å². The molecule has 2 N–H and O–H groups in total. The van der Waals surface area contributed by atoms with Crippen LogP contribution in [0.25, 0.3) is 0 Å². The summed E-state index contributed by atoms with van der Waals surface area (Å²) in [7, 11) is 0. The topological polar surface area (TPSA) is 97.3 Å². The Morgan fingerprint density at radius 1 is 1.18 bits per heavy atom.